The van der Waals surface area contributed by atoms with Crippen LogP contribution >= 0.6 is 0 Å². The van der Waals surface area contributed by atoms with Gasteiger partial charge in [0.05, 0.1) is 0 Å². The molecule has 0 radical (unpaired) electrons. The molecule has 0 unspecified atom stereocenters. The highest BCUT2D eigenvalue weighted by Gasteiger charge is 2.06. The van der Waals surface area contributed by atoms with Crippen molar-refractivity contribution >= 4 is 56.3 Å². The zero-order valence-corrected chi connectivity index (χ0v) is 13.8. The number of hydrogen-bond acceptors (Lipinski definition) is 14. The lowest BCUT2D eigenvalue weighted by atomic mass is 10.5. The van der Waals surface area contributed by atoms with E-state index in [0.29, 0.717) is 22.3 Å². The molecule has 0 atom stereocenters. The molecule has 4 rings (SSSR count). The van der Waals surface area contributed by atoms with Crippen molar-refractivity contribution in [2.24, 2.45) is 0 Å². The standard InChI is InChI=1S/2C4H5N7.H2O4S/c2*5-2-1-3(10-11-9-1)8-4(6)7-2;1-5(2,3)4/h2*(H5,5,6,7,8,9,10,11);(H2,1,2,3,4). The molecule has 0 saturated carbocycles. The minimum Gasteiger partial charge on any atom is -0.382 e. The number of hydrogen-bond donors (Lipinski definition) is 8. The number of nitrogens with zero attached hydrogens (tertiary/aromatic N) is 8. The first kappa shape index (κ1) is 19.4. The van der Waals surface area contributed by atoms with Crippen LogP contribution in [0.15, 0.2) is 0 Å². The van der Waals surface area contributed by atoms with Gasteiger partial charge in [0, 0.05) is 0 Å². The molecule has 0 aliphatic carbocycles. The van der Waals surface area contributed by atoms with E-state index in [1.807, 2.05) is 0 Å². The van der Waals surface area contributed by atoms with E-state index in [-0.39, 0.29) is 23.5 Å². The molecule has 27 heavy (non-hydrogen) atoms. The number of nitrogen functional groups attached to an aromatic ring is 4. The molecule has 144 valence electrons. The van der Waals surface area contributed by atoms with E-state index in [0.717, 1.165) is 0 Å². The summed E-state index contributed by atoms with van der Waals surface area (Å²) >= 11 is 0. The van der Waals surface area contributed by atoms with E-state index in [4.69, 9.17) is 40.5 Å². The molecule has 19 heteroatoms. The highest BCUT2D eigenvalue weighted by Crippen LogP contribution is 2.12. The van der Waals surface area contributed by atoms with Crippen LogP contribution in [0, 0.1) is 0 Å². The molecule has 0 fully saturated rings. The molecule has 4 heterocycles. The van der Waals surface area contributed by atoms with Gasteiger partial charge in [-0.25, -0.2) is 0 Å². The highest BCUT2D eigenvalue weighted by molar-refractivity contribution is 7.79. The average molecular weight is 400 g/mol. The van der Waals surface area contributed by atoms with Gasteiger partial charge >= 0.3 is 10.4 Å². The fourth-order valence-corrected chi connectivity index (χ4v) is 1.57. The van der Waals surface area contributed by atoms with Gasteiger partial charge in [-0.2, -0.15) is 49.0 Å². The van der Waals surface area contributed by atoms with Gasteiger partial charge in [0.15, 0.2) is 22.7 Å². The van der Waals surface area contributed by atoms with Crippen LogP contribution in [-0.4, -0.2) is 68.3 Å². The monoisotopic (exact) mass is 400 g/mol. The SMILES string of the molecule is Nc1nc(N)c2n[nH]nc2n1.Nc1nc(N)c2n[nH]nc2n1.O=S(=O)(O)O. The van der Waals surface area contributed by atoms with E-state index in [1.165, 1.54) is 0 Å². The van der Waals surface area contributed by atoms with Crippen molar-refractivity contribution in [3.8, 4) is 0 Å². The molecule has 4 aromatic heterocycles. The van der Waals surface area contributed by atoms with Crippen LogP contribution < -0.4 is 22.9 Å². The molecule has 18 nitrogen and oxygen atoms in total. The largest absolute Gasteiger partial charge is 0.394 e. The maximum Gasteiger partial charge on any atom is 0.394 e. The summed E-state index contributed by atoms with van der Waals surface area (Å²) in [5.41, 5.74) is 23.2. The lowest BCUT2D eigenvalue weighted by Crippen LogP contribution is -1.99. The second kappa shape index (κ2) is 7.51. The predicted octanol–water partition coefficient (Wildman–Crippen LogP) is -2.83. The molecule has 0 amide bonds. The number of aromatic nitrogens is 10. The van der Waals surface area contributed by atoms with Crippen LogP contribution in [0.2, 0.25) is 0 Å². The molecule has 0 saturated heterocycles. The third-order valence-corrected chi connectivity index (χ3v) is 2.46. The second-order valence-electron chi connectivity index (χ2n) is 4.37. The highest BCUT2D eigenvalue weighted by atomic mass is 32.3. The Labute approximate surface area is 148 Å². The Morgan fingerprint density at radius 1 is 0.667 bits per heavy atom. The van der Waals surface area contributed by atoms with E-state index in [2.05, 4.69) is 50.8 Å². The Hall–Kier alpha value is -3.97. The van der Waals surface area contributed by atoms with E-state index in [9.17, 15) is 0 Å². The molecular weight excluding hydrogens is 388 g/mol. The Balaban J connectivity index is 0.000000157. The molecule has 0 aliphatic heterocycles. The maximum absolute atomic E-state index is 8.74. The first-order valence-corrected chi connectivity index (χ1v) is 7.83. The van der Waals surface area contributed by atoms with Gasteiger partial charge in [0.2, 0.25) is 23.2 Å². The number of fused-ring (bicyclic) bond motifs is 2. The predicted molar refractivity (Wildman–Crippen MR) is 90.8 cm³/mol. The van der Waals surface area contributed by atoms with Crippen LogP contribution in [0.4, 0.5) is 23.5 Å². The van der Waals surface area contributed by atoms with E-state index in [1.54, 1.807) is 0 Å². The maximum atomic E-state index is 8.74. The summed E-state index contributed by atoms with van der Waals surface area (Å²) in [6, 6.07) is 0. The molecule has 0 aliphatic rings. The summed E-state index contributed by atoms with van der Waals surface area (Å²) in [7, 11) is -4.67. The zero-order valence-electron chi connectivity index (χ0n) is 13.0. The Kier molecular flexibility index (Phi) is 5.38. The van der Waals surface area contributed by atoms with Crippen molar-refractivity contribution in [1.29, 1.82) is 0 Å². The lowest BCUT2D eigenvalue weighted by Gasteiger charge is -1.92. The normalized spacial score (nSPS) is 10.7. The topological polar surface area (TPSA) is 313 Å². The van der Waals surface area contributed by atoms with Gasteiger partial charge in [-0.3, -0.25) is 9.11 Å². The van der Waals surface area contributed by atoms with Gasteiger partial charge in [0.1, 0.15) is 0 Å². The molecule has 0 spiro atoms. The first-order valence-electron chi connectivity index (χ1n) is 6.43. The lowest BCUT2D eigenvalue weighted by molar-refractivity contribution is 0.381. The molecular formula is C8H12N14O4S. The zero-order chi connectivity index (χ0) is 20.2. The summed E-state index contributed by atoms with van der Waals surface area (Å²) in [5.74, 6) is 0.676. The summed E-state index contributed by atoms with van der Waals surface area (Å²) in [5, 5.41) is 19.6. The minimum absolute atomic E-state index is 0.101. The van der Waals surface area contributed by atoms with Crippen LogP contribution in [-0.2, 0) is 10.4 Å². The molecule has 4 aromatic rings. The molecule has 0 aromatic carbocycles. The van der Waals surface area contributed by atoms with Crippen molar-refractivity contribution in [3.05, 3.63) is 0 Å². The van der Waals surface area contributed by atoms with Crippen LogP contribution in [0.3, 0.4) is 0 Å². The fourth-order valence-electron chi connectivity index (χ4n) is 1.57. The quantitative estimate of drug-likeness (QED) is 0.138. The number of rotatable bonds is 0. The fraction of sp³-hybridized carbons (Fsp3) is 0. The van der Waals surface area contributed by atoms with Crippen LogP contribution in [0.25, 0.3) is 22.3 Å². The Morgan fingerprint density at radius 2 is 1.00 bits per heavy atom. The number of nitrogens with two attached hydrogens (primary N) is 4. The third-order valence-electron chi connectivity index (χ3n) is 2.46. The van der Waals surface area contributed by atoms with Crippen LogP contribution in [0.5, 0.6) is 0 Å². The summed E-state index contributed by atoms with van der Waals surface area (Å²) in [6.45, 7) is 0. The van der Waals surface area contributed by atoms with Gasteiger partial charge in [-0.15, -0.1) is 10.2 Å². The molecule has 12 N–H and O–H groups in total. The van der Waals surface area contributed by atoms with E-state index >= 15 is 0 Å². The average Bonchev–Trinajstić information content (AvgIpc) is 3.14. The van der Waals surface area contributed by atoms with Crippen LogP contribution in [0.1, 0.15) is 0 Å². The van der Waals surface area contributed by atoms with Crippen molar-refractivity contribution < 1.29 is 17.5 Å². The second-order valence-corrected chi connectivity index (χ2v) is 5.27. The first-order chi connectivity index (χ1) is 12.5. The van der Waals surface area contributed by atoms with Crippen molar-refractivity contribution in [2.45, 2.75) is 0 Å². The minimum atomic E-state index is -4.67. The van der Waals surface area contributed by atoms with Gasteiger partial charge in [0.25, 0.3) is 0 Å². The van der Waals surface area contributed by atoms with Crippen molar-refractivity contribution in [2.75, 3.05) is 22.9 Å². The molecule has 0 bridgehead atoms. The summed E-state index contributed by atoms with van der Waals surface area (Å²) < 4.78 is 31.6. The van der Waals surface area contributed by atoms with Gasteiger partial charge in [-0.1, -0.05) is 0 Å². The summed E-state index contributed by atoms with van der Waals surface area (Å²) in [4.78, 5) is 14.9. The number of anilines is 4. The third kappa shape index (κ3) is 5.52. The number of H-pyrrole nitrogens is 2. The summed E-state index contributed by atoms with van der Waals surface area (Å²) in [6.07, 6.45) is 0. The van der Waals surface area contributed by atoms with Crippen molar-refractivity contribution in [3.63, 3.8) is 0 Å². The van der Waals surface area contributed by atoms with Gasteiger partial charge in [-0.05, 0) is 0 Å². The van der Waals surface area contributed by atoms with Crippen molar-refractivity contribution in [1.82, 2.24) is 50.8 Å². The van der Waals surface area contributed by atoms with E-state index < -0.39 is 10.4 Å². The smallest absolute Gasteiger partial charge is 0.382 e. The number of aromatic amines is 2. The Morgan fingerprint density at radius 3 is 1.33 bits per heavy atom. The van der Waals surface area contributed by atoms with Gasteiger partial charge < -0.3 is 22.9 Å². The Bertz CT molecular complexity index is 1080. The number of nitrogens with one attached hydrogen (secondary N) is 2.